The van der Waals surface area contributed by atoms with Crippen LogP contribution in [0.15, 0.2) is 41.3 Å². The molecule has 0 aliphatic carbocycles. The summed E-state index contributed by atoms with van der Waals surface area (Å²) in [5, 5.41) is 0. The van der Waals surface area contributed by atoms with Crippen molar-refractivity contribution in [2.24, 2.45) is 0 Å². The fourth-order valence-corrected chi connectivity index (χ4v) is 4.37. The van der Waals surface area contributed by atoms with Gasteiger partial charge in [-0.25, -0.2) is 26.3 Å². The van der Waals surface area contributed by atoms with Gasteiger partial charge in [0, 0.05) is 19.1 Å². The molecule has 5 nitrogen and oxygen atoms in total. The topological polar surface area (TPSA) is 66.5 Å². The van der Waals surface area contributed by atoms with Crippen LogP contribution < -0.4 is 4.72 Å². The van der Waals surface area contributed by atoms with Crippen molar-refractivity contribution < 1.29 is 26.4 Å². The fourth-order valence-electron chi connectivity index (χ4n) is 3.07. The van der Waals surface area contributed by atoms with Gasteiger partial charge in [-0.05, 0) is 44.0 Å². The van der Waals surface area contributed by atoms with Gasteiger partial charge in [-0.3, -0.25) is 4.79 Å². The van der Waals surface area contributed by atoms with Crippen LogP contribution in [0.2, 0.25) is 0 Å². The largest absolute Gasteiger partial charge is 0.338 e. The number of piperidine rings is 1. The molecule has 1 N–H and O–H groups in total. The van der Waals surface area contributed by atoms with E-state index in [1.165, 1.54) is 17.0 Å². The zero-order chi connectivity index (χ0) is 20.5. The maximum atomic E-state index is 13.8. The van der Waals surface area contributed by atoms with Crippen LogP contribution in [0.3, 0.4) is 0 Å². The first-order valence-electron chi connectivity index (χ1n) is 8.71. The number of rotatable bonds is 4. The number of sulfonamides is 1. The molecule has 2 aromatic carbocycles. The second-order valence-electron chi connectivity index (χ2n) is 6.72. The van der Waals surface area contributed by atoms with Crippen molar-refractivity contribution in [2.45, 2.75) is 30.7 Å². The van der Waals surface area contributed by atoms with Crippen LogP contribution in [0, 0.1) is 24.4 Å². The molecule has 28 heavy (non-hydrogen) atoms. The summed E-state index contributed by atoms with van der Waals surface area (Å²) >= 11 is 0. The number of benzene rings is 2. The summed E-state index contributed by atoms with van der Waals surface area (Å²) in [5.41, 5.74) is 0.396. The van der Waals surface area contributed by atoms with Gasteiger partial charge in [0.25, 0.3) is 5.91 Å². The summed E-state index contributed by atoms with van der Waals surface area (Å²) in [5.74, 6) is -5.33. The van der Waals surface area contributed by atoms with Crippen LogP contribution in [-0.4, -0.2) is 38.4 Å². The van der Waals surface area contributed by atoms with Crippen LogP contribution in [0.1, 0.15) is 28.8 Å². The number of hydrogen-bond donors (Lipinski definition) is 1. The van der Waals surface area contributed by atoms with Crippen molar-refractivity contribution in [2.75, 3.05) is 13.1 Å². The van der Waals surface area contributed by atoms with Crippen molar-refractivity contribution in [1.82, 2.24) is 9.62 Å². The molecule has 1 aliphatic rings. The van der Waals surface area contributed by atoms with Gasteiger partial charge in [-0.1, -0.05) is 17.7 Å². The van der Waals surface area contributed by atoms with E-state index in [1.807, 2.05) is 6.92 Å². The Kier molecular flexibility index (Phi) is 5.76. The minimum absolute atomic E-state index is 0.153. The molecule has 1 amide bonds. The highest BCUT2D eigenvalue weighted by Crippen LogP contribution is 2.20. The molecule has 9 heteroatoms. The molecule has 0 bridgehead atoms. The van der Waals surface area contributed by atoms with E-state index in [9.17, 15) is 26.4 Å². The van der Waals surface area contributed by atoms with Gasteiger partial charge in [0.1, 0.15) is 0 Å². The summed E-state index contributed by atoms with van der Waals surface area (Å²) in [6.07, 6.45) is 0.643. The lowest BCUT2D eigenvalue weighted by Gasteiger charge is -2.32. The maximum absolute atomic E-state index is 13.8. The molecular weight excluding hydrogens is 393 g/mol. The standard InChI is InChI=1S/C19H19F3N2O3S/c1-12-2-4-14(5-3-12)28(26,27)23-13-8-10-24(11-9-13)19(25)15-6-7-16(20)18(22)17(15)21/h2-7,13,23H,8-11H2,1H3. The number of amides is 1. The van der Waals surface area contributed by atoms with E-state index in [0.717, 1.165) is 11.6 Å². The van der Waals surface area contributed by atoms with Gasteiger partial charge in [0.05, 0.1) is 10.5 Å². The normalized spacial score (nSPS) is 15.6. The second kappa shape index (κ2) is 7.92. The molecule has 2 aromatic rings. The number of likely N-dealkylation sites (tertiary alicyclic amines) is 1. The molecule has 0 spiro atoms. The third-order valence-corrected chi connectivity index (χ3v) is 6.24. The van der Waals surface area contributed by atoms with Gasteiger partial charge in [-0.2, -0.15) is 0 Å². The lowest BCUT2D eigenvalue weighted by atomic mass is 10.0. The summed E-state index contributed by atoms with van der Waals surface area (Å²) in [6, 6.07) is 7.66. The van der Waals surface area contributed by atoms with Crippen molar-refractivity contribution in [1.29, 1.82) is 0 Å². The minimum Gasteiger partial charge on any atom is -0.338 e. The first kappa shape index (κ1) is 20.3. The molecule has 0 atom stereocenters. The maximum Gasteiger partial charge on any atom is 0.256 e. The van der Waals surface area contributed by atoms with Crippen LogP contribution in [0.5, 0.6) is 0 Å². The van der Waals surface area contributed by atoms with Gasteiger partial charge in [0.15, 0.2) is 17.5 Å². The summed E-state index contributed by atoms with van der Waals surface area (Å²) in [4.78, 5) is 13.8. The lowest BCUT2D eigenvalue weighted by molar-refractivity contribution is 0.0705. The van der Waals surface area contributed by atoms with Crippen LogP contribution >= 0.6 is 0 Å². The Hall–Kier alpha value is -2.39. The van der Waals surface area contributed by atoms with E-state index in [4.69, 9.17) is 0 Å². The highest BCUT2D eigenvalue weighted by atomic mass is 32.2. The number of hydrogen-bond acceptors (Lipinski definition) is 3. The van der Waals surface area contributed by atoms with Gasteiger partial charge in [0.2, 0.25) is 10.0 Å². The first-order chi connectivity index (χ1) is 13.2. The Morgan fingerprint density at radius 2 is 1.61 bits per heavy atom. The second-order valence-corrected chi connectivity index (χ2v) is 8.44. The molecule has 1 fully saturated rings. The van der Waals surface area contributed by atoms with Gasteiger partial charge < -0.3 is 4.90 Å². The Bertz CT molecular complexity index is 986. The predicted molar refractivity (Wildman–Crippen MR) is 96.7 cm³/mol. The third-order valence-electron chi connectivity index (χ3n) is 4.70. The van der Waals surface area contributed by atoms with Crippen molar-refractivity contribution >= 4 is 15.9 Å². The molecule has 1 heterocycles. The fraction of sp³-hybridized carbons (Fsp3) is 0.316. The Morgan fingerprint density at radius 1 is 1.00 bits per heavy atom. The number of carbonyl (C=O) groups is 1. The number of carbonyl (C=O) groups excluding carboxylic acids is 1. The Morgan fingerprint density at radius 3 is 2.21 bits per heavy atom. The van der Waals surface area contributed by atoms with E-state index >= 15 is 0 Å². The molecule has 150 valence electrons. The third kappa shape index (κ3) is 4.20. The number of halogens is 3. The summed E-state index contributed by atoms with van der Waals surface area (Å²) < 4.78 is 67.7. The summed E-state index contributed by atoms with van der Waals surface area (Å²) in [6.45, 7) is 2.18. The van der Waals surface area contributed by atoms with E-state index < -0.39 is 38.9 Å². The van der Waals surface area contributed by atoms with E-state index in [0.29, 0.717) is 18.9 Å². The molecule has 3 rings (SSSR count). The average molecular weight is 412 g/mol. The van der Waals surface area contributed by atoms with E-state index in [2.05, 4.69) is 4.72 Å². The van der Waals surface area contributed by atoms with Crippen LogP contribution in [0.25, 0.3) is 0 Å². The molecule has 0 saturated carbocycles. The number of nitrogens with one attached hydrogen (secondary N) is 1. The van der Waals surface area contributed by atoms with Crippen LogP contribution in [0.4, 0.5) is 13.2 Å². The summed E-state index contributed by atoms with van der Waals surface area (Å²) in [7, 11) is -3.69. The molecule has 0 radical (unpaired) electrons. The van der Waals surface area contributed by atoms with Crippen LogP contribution in [-0.2, 0) is 10.0 Å². The molecular formula is C19H19F3N2O3S. The first-order valence-corrected chi connectivity index (χ1v) is 10.2. The van der Waals surface area contributed by atoms with Crippen molar-refractivity contribution in [3.05, 3.63) is 65.0 Å². The Balaban J connectivity index is 1.64. The molecule has 0 unspecified atom stereocenters. The SMILES string of the molecule is Cc1ccc(S(=O)(=O)NC2CCN(C(=O)c3ccc(F)c(F)c3F)CC2)cc1. The highest BCUT2D eigenvalue weighted by Gasteiger charge is 2.29. The lowest BCUT2D eigenvalue weighted by Crippen LogP contribution is -2.46. The number of aryl methyl sites for hydroxylation is 1. The Labute approximate surface area is 161 Å². The quantitative estimate of drug-likeness (QED) is 0.786. The number of nitrogens with zero attached hydrogens (tertiary/aromatic N) is 1. The monoisotopic (exact) mass is 412 g/mol. The molecule has 1 aliphatic heterocycles. The van der Waals surface area contributed by atoms with E-state index in [-0.39, 0.29) is 24.0 Å². The van der Waals surface area contributed by atoms with E-state index in [1.54, 1.807) is 12.1 Å². The zero-order valence-corrected chi connectivity index (χ0v) is 15.9. The smallest absolute Gasteiger partial charge is 0.256 e. The van der Waals surface area contributed by atoms with Gasteiger partial charge in [-0.15, -0.1) is 0 Å². The average Bonchev–Trinajstić information content (AvgIpc) is 2.66. The minimum atomic E-state index is -3.69. The van der Waals surface area contributed by atoms with Crippen molar-refractivity contribution in [3.8, 4) is 0 Å². The molecule has 1 saturated heterocycles. The zero-order valence-electron chi connectivity index (χ0n) is 15.1. The van der Waals surface area contributed by atoms with Crippen molar-refractivity contribution in [3.63, 3.8) is 0 Å². The predicted octanol–water partition coefficient (Wildman–Crippen LogP) is 3.00. The van der Waals surface area contributed by atoms with Gasteiger partial charge >= 0.3 is 0 Å². The highest BCUT2D eigenvalue weighted by molar-refractivity contribution is 7.89. The molecule has 0 aromatic heterocycles.